The average Bonchev–Trinajstić information content (AvgIpc) is 3.21. The van der Waals surface area contributed by atoms with E-state index in [2.05, 4.69) is 24.4 Å². The third-order valence-electron chi connectivity index (χ3n) is 6.18. The Kier molecular flexibility index (Phi) is 18.4. The van der Waals surface area contributed by atoms with Crippen LogP contribution in [-0.2, 0) is 14.3 Å². The number of ether oxygens (including phenoxy) is 1. The van der Waals surface area contributed by atoms with Gasteiger partial charge in [-0.25, -0.2) is 4.79 Å². The molecular weight excluding hydrogens is 386 g/mol. The van der Waals surface area contributed by atoms with Crippen molar-refractivity contribution in [2.45, 2.75) is 141 Å². The summed E-state index contributed by atoms with van der Waals surface area (Å²) in [6.45, 7) is 2.76. The second kappa shape index (κ2) is 20.6. The molecule has 1 saturated heterocycles. The molecular formula is C27H49NO3. The summed E-state index contributed by atoms with van der Waals surface area (Å²) in [5.74, 6) is -0.309. The minimum atomic E-state index is -0.409. The molecule has 0 aromatic carbocycles. The molecule has 1 N–H and O–H groups in total. The van der Waals surface area contributed by atoms with Crippen molar-refractivity contribution in [3.05, 3.63) is 12.2 Å². The summed E-state index contributed by atoms with van der Waals surface area (Å²) in [4.78, 5) is 22.9. The number of hydrogen-bond acceptors (Lipinski definition) is 3. The highest BCUT2D eigenvalue weighted by Gasteiger charge is 2.28. The Balaban J connectivity index is 1.72. The quantitative estimate of drug-likeness (QED) is 0.116. The third-order valence-corrected chi connectivity index (χ3v) is 6.18. The van der Waals surface area contributed by atoms with Gasteiger partial charge in [0, 0.05) is 6.42 Å². The molecule has 1 rings (SSSR count). The van der Waals surface area contributed by atoms with Crippen LogP contribution in [0, 0.1) is 0 Å². The van der Waals surface area contributed by atoms with Gasteiger partial charge in [0.05, 0.1) is 6.61 Å². The first-order valence-corrected chi connectivity index (χ1v) is 13.3. The summed E-state index contributed by atoms with van der Waals surface area (Å²) >= 11 is 0. The molecule has 0 unspecified atom stereocenters. The maximum Gasteiger partial charge on any atom is 0.328 e. The van der Waals surface area contributed by atoms with Gasteiger partial charge in [0.25, 0.3) is 0 Å². The lowest BCUT2D eigenvalue weighted by Crippen LogP contribution is -2.34. The molecule has 0 bridgehead atoms. The minimum Gasteiger partial charge on any atom is -0.464 e. The van der Waals surface area contributed by atoms with Crippen molar-refractivity contribution in [3.8, 4) is 0 Å². The SMILES string of the molecule is CCCCCCCC/C=C/CCCCCCCCCCCCOC(=O)[C@@H]1CCC(=O)N1. The summed E-state index contributed by atoms with van der Waals surface area (Å²) in [7, 11) is 0. The van der Waals surface area contributed by atoms with Gasteiger partial charge in [0.15, 0.2) is 0 Å². The van der Waals surface area contributed by atoms with Gasteiger partial charge in [-0.1, -0.05) is 103 Å². The van der Waals surface area contributed by atoms with Crippen LogP contribution in [0.1, 0.15) is 135 Å². The van der Waals surface area contributed by atoms with Gasteiger partial charge in [-0.15, -0.1) is 0 Å². The Labute approximate surface area is 192 Å². The normalized spacial score (nSPS) is 16.2. The van der Waals surface area contributed by atoms with Gasteiger partial charge in [-0.05, 0) is 38.5 Å². The van der Waals surface area contributed by atoms with Gasteiger partial charge < -0.3 is 10.1 Å². The maximum atomic E-state index is 11.8. The largest absolute Gasteiger partial charge is 0.464 e. The van der Waals surface area contributed by atoms with E-state index in [9.17, 15) is 9.59 Å². The first-order chi connectivity index (χ1) is 15.2. The molecule has 4 heteroatoms. The first kappa shape index (κ1) is 27.7. The maximum absolute atomic E-state index is 11.8. The predicted molar refractivity (Wildman–Crippen MR) is 130 cm³/mol. The Morgan fingerprint density at radius 1 is 0.806 bits per heavy atom. The van der Waals surface area contributed by atoms with E-state index in [4.69, 9.17) is 4.74 Å². The van der Waals surface area contributed by atoms with Gasteiger partial charge in [-0.2, -0.15) is 0 Å². The molecule has 0 aromatic rings. The number of nitrogens with one attached hydrogen (secondary N) is 1. The number of carbonyl (C=O) groups is 2. The molecule has 1 amide bonds. The highest BCUT2D eigenvalue weighted by molar-refractivity contribution is 5.87. The smallest absolute Gasteiger partial charge is 0.328 e. The monoisotopic (exact) mass is 435 g/mol. The molecule has 31 heavy (non-hydrogen) atoms. The number of rotatable bonds is 21. The molecule has 1 atom stereocenters. The lowest BCUT2D eigenvalue weighted by molar-refractivity contribution is -0.146. The van der Waals surface area contributed by atoms with Crippen molar-refractivity contribution in [2.24, 2.45) is 0 Å². The van der Waals surface area contributed by atoms with Crippen LogP contribution in [0.15, 0.2) is 12.2 Å². The molecule has 1 heterocycles. The van der Waals surface area contributed by atoms with Gasteiger partial charge in [-0.3, -0.25) is 4.79 Å². The fraction of sp³-hybridized carbons (Fsp3) is 0.852. The van der Waals surface area contributed by atoms with E-state index in [1.165, 1.54) is 103 Å². The second-order valence-corrected chi connectivity index (χ2v) is 9.18. The molecule has 1 fully saturated rings. The Morgan fingerprint density at radius 3 is 1.77 bits per heavy atom. The highest BCUT2D eigenvalue weighted by atomic mass is 16.5. The average molecular weight is 436 g/mol. The molecule has 0 saturated carbocycles. The van der Waals surface area contributed by atoms with Crippen LogP contribution in [0.5, 0.6) is 0 Å². The Hall–Kier alpha value is -1.32. The van der Waals surface area contributed by atoms with E-state index in [-0.39, 0.29) is 11.9 Å². The molecule has 1 aliphatic heterocycles. The molecule has 0 aromatic heterocycles. The number of amides is 1. The van der Waals surface area contributed by atoms with Crippen molar-refractivity contribution in [1.82, 2.24) is 5.32 Å². The van der Waals surface area contributed by atoms with E-state index in [1.807, 2.05) is 0 Å². The van der Waals surface area contributed by atoms with Gasteiger partial charge in [0.1, 0.15) is 6.04 Å². The van der Waals surface area contributed by atoms with E-state index in [0.29, 0.717) is 19.4 Å². The molecule has 0 aliphatic carbocycles. The molecule has 4 nitrogen and oxygen atoms in total. The molecule has 180 valence electrons. The zero-order chi connectivity index (χ0) is 22.4. The van der Waals surface area contributed by atoms with Crippen LogP contribution in [-0.4, -0.2) is 24.5 Å². The molecule has 0 radical (unpaired) electrons. The van der Waals surface area contributed by atoms with E-state index in [0.717, 1.165) is 12.8 Å². The topological polar surface area (TPSA) is 55.4 Å². The van der Waals surface area contributed by atoms with Gasteiger partial charge in [0.2, 0.25) is 5.91 Å². The first-order valence-electron chi connectivity index (χ1n) is 13.3. The molecule has 0 spiro atoms. The van der Waals surface area contributed by atoms with Gasteiger partial charge >= 0.3 is 5.97 Å². The lowest BCUT2D eigenvalue weighted by atomic mass is 10.1. The van der Waals surface area contributed by atoms with Crippen molar-refractivity contribution >= 4 is 11.9 Å². The molecule has 1 aliphatic rings. The standard InChI is InChI=1S/C27H49NO3/c1-2-3-4-5-6-7-8-9-10-11-12-13-14-15-16-17-18-19-20-21-24-31-27(30)25-22-23-26(29)28-25/h9-10,25H,2-8,11-24H2,1H3,(H,28,29)/b10-9+/t25-/m0/s1. The summed E-state index contributed by atoms with van der Waals surface area (Å²) in [6, 6.07) is -0.409. The van der Waals surface area contributed by atoms with Crippen LogP contribution in [0.2, 0.25) is 0 Å². The summed E-state index contributed by atoms with van der Waals surface area (Å²) in [5, 5.41) is 2.65. The van der Waals surface area contributed by atoms with E-state index < -0.39 is 6.04 Å². The van der Waals surface area contributed by atoms with Crippen molar-refractivity contribution in [3.63, 3.8) is 0 Å². The zero-order valence-electron chi connectivity index (χ0n) is 20.3. The number of unbranched alkanes of at least 4 members (excludes halogenated alkanes) is 16. The van der Waals surface area contributed by atoms with Crippen LogP contribution >= 0.6 is 0 Å². The summed E-state index contributed by atoms with van der Waals surface area (Å²) in [5.41, 5.74) is 0. The summed E-state index contributed by atoms with van der Waals surface area (Å²) in [6.07, 6.45) is 29.4. The Morgan fingerprint density at radius 2 is 1.29 bits per heavy atom. The Bertz CT molecular complexity index is 475. The number of hydrogen-bond donors (Lipinski definition) is 1. The van der Waals surface area contributed by atoms with E-state index >= 15 is 0 Å². The van der Waals surface area contributed by atoms with Crippen LogP contribution in [0.4, 0.5) is 0 Å². The predicted octanol–water partition coefficient (Wildman–Crippen LogP) is 7.41. The minimum absolute atomic E-state index is 0.0439. The van der Waals surface area contributed by atoms with Crippen LogP contribution in [0.25, 0.3) is 0 Å². The third kappa shape index (κ3) is 17.0. The fourth-order valence-electron chi connectivity index (χ4n) is 4.12. The number of carbonyl (C=O) groups excluding carboxylic acids is 2. The summed E-state index contributed by atoms with van der Waals surface area (Å²) < 4.78 is 5.25. The van der Waals surface area contributed by atoms with E-state index in [1.54, 1.807) is 0 Å². The zero-order valence-corrected chi connectivity index (χ0v) is 20.3. The lowest BCUT2D eigenvalue weighted by Gasteiger charge is -2.09. The van der Waals surface area contributed by atoms with Crippen molar-refractivity contribution in [1.29, 1.82) is 0 Å². The van der Waals surface area contributed by atoms with Crippen LogP contribution in [0.3, 0.4) is 0 Å². The number of allylic oxidation sites excluding steroid dienone is 2. The fourth-order valence-corrected chi connectivity index (χ4v) is 4.12. The highest BCUT2D eigenvalue weighted by Crippen LogP contribution is 2.13. The van der Waals surface area contributed by atoms with Crippen molar-refractivity contribution in [2.75, 3.05) is 6.61 Å². The number of esters is 1. The van der Waals surface area contributed by atoms with Crippen molar-refractivity contribution < 1.29 is 14.3 Å². The van der Waals surface area contributed by atoms with Crippen LogP contribution < -0.4 is 5.32 Å². The second-order valence-electron chi connectivity index (χ2n) is 9.18.